The lowest BCUT2D eigenvalue weighted by Crippen LogP contribution is -2.32. The zero-order valence-corrected chi connectivity index (χ0v) is 25.4. The first kappa shape index (κ1) is 32.3. The summed E-state index contributed by atoms with van der Waals surface area (Å²) < 4.78 is 75.3. The van der Waals surface area contributed by atoms with Crippen LogP contribution in [0.2, 0.25) is 0 Å². The Morgan fingerprint density at radius 3 is 1.96 bits per heavy atom. The number of benzene rings is 5. The molecule has 0 spiro atoms. The van der Waals surface area contributed by atoms with Crippen molar-refractivity contribution in [3.05, 3.63) is 150 Å². The Bertz CT molecular complexity index is 1880. The highest BCUT2D eigenvalue weighted by Gasteiger charge is 2.33. The van der Waals surface area contributed by atoms with Crippen LogP contribution >= 0.6 is 0 Å². The Morgan fingerprint density at radius 1 is 0.783 bits per heavy atom. The maximum atomic E-state index is 14.0. The average Bonchev–Trinajstić information content (AvgIpc) is 3.07. The Kier molecular flexibility index (Phi) is 9.48. The number of hydrogen-bond acceptors (Lipinski definition) is 4. The minimum atomic E-state index is -4.74. The molecule has 5 aromatic rings. The molecule has 0 aliphatic carbocycles. The van der Waals surface area contributed by atoms with Gasteiger partial charge in [0.2, 0.25) is 6.10 Å². The summed E-state index contributed by atoms with van der Waals surface area (Å²) in [6.45, 7) is 1.55. The largest absolute Gasteiger partial charge is 0.478 e. The summed E-state index contributed by atoms with van der Waals surface area (Å²) in [6, 6.07) is 35.2. The number of hydrogen-bond donors (Lipinski definition) is 1. The van der Waals surface area contributed by atoms with Gasteiger partial charge in [0.1, 0.15) is 5.75 Å². The molecule has 5 rings (SSSR count). The van der Waals surface area contributed by atoms with Crippen molar-refractivity contribution in [1.29, 1.82) is 0 Å². The number of alkyl halides is 3. The summed E-state index contributed by atoms with van der Waals surface area (Å²) in [7, 11) is -4.50. The van der Waals surface area contributed by atoms with Crippen LogP contribution in [0.1, 0.15) is 29.5 Å². The quantitative estimate of drug-likeness (QED) is 0.156. The summed E-state index contributed by atoms with van der Waals surface area (Å²) >= 11 is 0. The molecule has 236 valence electrons. The van der Waals surface area contributed by atoms with Gasteiger partial charge < -0.3 is 9.84 Å². The van der Waals surface area contributed by atoms with Gasteiger partial charge in [-0.05, 0) is 64.7 Å². The second-order valence-corrected chi connectivity index (χ2v) is 12.5. The van der Waals surface area contributed by atoms with Gasteiger partial charge in [-0.3, -0.25) is 4.31 Å². The molecule has 0 radical (unpaired) electrons. The van der Waals surface area contributed by atoms with Gasteiger partial charge in [0.25, 0.3) is 10.0 Å². The number of anilines is 1. The van der Waals surface area contributed by atoms with E-state index in [-0.39, 0.29) is 18.0 Å². The first-order valence-electron chi connectivity index (χ1n) is 14.3. The summed E-state index contributed by atoms with van der Waals surface area (Å²) in [5.74, 6) is -1.49. The number of carboxylic acid groups (broad SMARTS) is 1. The van der Waals surface area contributed by atoms with E-state index in [0.717, 1.165) is 39.2 Å². The number of rotatable bonds is 11. The number of nitrogens with zero attached hydrogens (tertiary/aromatic N) is 1. The number of carboxylic acids is 1. The van der Waals surface area contributed by atoms with Crippen molar-refractivity contribution in [2.45, 2.75) is 36.6 Å². The van der Waals surface area contributed by atoms with Crippen LogP contribution in [0.3, 0.4) is 0 Å². The van der Waals surface area contributed by atoms with E-state index < -0.39 is 44.6 Å². The van der Waals surface area contributed by atoms with Crippen molar-refractivity contribution in [3.63, 3.8) is 0 Å². The lowest BCUT2D eigenvalue weighted by atomic mass is 9.95. The number of sulfonamides is 1. The molecular formula is C36H30F3NO5S. The van der Waals surface area contributed by atoms with E-state index in [1.165, 1.54) is 24.3 Å². The molecule has 46 heavy (non-hydrogen) atoms. The van der Waals surface area contributed by atoms with Crippen LogP contribution in [-0.4, -0.2) is 25.6 Å². The highest BCUT2D eigenvalue weighted by Crippen LogP contribution is 2.34. The topological polar surface area (TPSA) is 83.9 Å². The minimum absolute atomic E-state index is 0.153. The van der Waals surface area contributed by atoms with E-state index in [4.69, 9.17) is 4.74 Å². The Morgan fingerprint density at radius 2 is 1.37 bits per heavy atom. The van der Waals surface area contributed by atoms with Crippen LogP contribution in [0.5, 0.6) is 5.75 Å². The number of ether oxygens (including phenoxy) is 1. The van der Waals surface area contributed by atoms with Gasteiger partial charge in [0.05, 0.1) is 22.7 Å². The van der Waals surface area contributed by atoms with Gasteiger partial charge >= 0.3 is 12.1 Å². The molecule has 0 heterocycles. The zero-order valence-electron chi connectivity index (χ0n) is 24.6. The van der Waals surface area contributed by atoms with Crippen molar-refractivity contribution >= 4 is 21.7 Å². The van der Waals surface area contributed by atoms with E-state index in [1.807, 2.05) is 48.5 Å². The summed E-state index contributed by atoms with van der Waals surface area (Å²) in [6.07, 6.45) is -5.97. The lowest BCUT2D eigenvalue weighted by molar-refractivity contribution is -0.146. The van der Waals surface area contributed by atoms with Gasteiger partial charge in [-0.2, -0.15) is 13.2 Å². The standard InChI is InChI=1S/C36H30F3NO5S/c1-25(27-9-4-2-5-10-27)34(35(41)42)45-32-21-19-31(20-22-32)40(46(43,44)33-14-8-13-30(23-33)36(37,38)39)24-26-15-17-29(18-16-26)28-11-6-3-7-12-28/h2-23,25,34H,24H2,1H3,(H,41,42)/t25?,34-/m0/s1. The SMILES string of the molecule is CC(c1ccccc1)[C@H](Oc1ccc(N(Cc2ccc(-c3ccccc3)cc2)S(=O)(=O)c2cccc(C(F)(F)F)c2)cc1)C(=O)O. The fourth-order valence-corrected chi connectivity index (χ4v) is 6.51. The molecule has 1 N–H and O–H groups in total. The van der Waals surface area contributed by atoms with Crippen LogP contribution in [0.25, 0.3) is 11.1 Å². The third-order valence-corrected chi connectivity index (χ3v) is 9.32. The summed E-state index contributed by atoms with van der Waals surface area (Å²) in [4.78, 5) is 11.6. The molecule has 5 aromatic carbocycles. The van der Waals surface area contributed by atoms with Crippen molar-refractivity contribution in [3.8, 4) is 16.9 Å². The zero-order chi connectivity index (χ0) is 32.9. The van der Waals surface area contributed by atoms with Crippen molar-refractivity contribution in [1.82, 2.24) is 0 Å². The minimum Gasteiger partial charge on any atom is -0.478 e. The van der Waals surface area contributed by atoms with E-state index >= 15 is 0 Å². The maximum absolute atomic E-state index is 14.0. The summed E-state index contributed by atoms with van der Waals surface area (Å²) in [5.41, 5.74) is 2.31. The third-order valence-electron chi connectivity index (χ3n) is 7.55. The number of halogens is 3. The Labute approximate surface area is 265 Å². The maximum Gasteiger partial charge on any atom is 0.416 e. The van der Waals surface area contributed by atoms with Crippen LogP contribution in [0, 0.1) is 0 Å². The van der Waals surface area contributed by atoms with Gasteiger partial charge in [0.15, 0.2) is 0 Å². The molecule has 0 aliphatic rings. The summed E-state index contributed by atoms with van der Waals surface area (Å²) in [5, 5.41) is 9.89. The van der Waals surface area contributed by atoms with Crippen molar-refractivity contribution < 1.29 is 36.2 Å². The van der Waals surface area contributed by atoms with Gasteiger partial charge in [-0.25, -0.2) is 13.2 Å². The molecular weight excluding hydrogens is 615 g/mol. The van der Waals surface area contributed by atoms with Crippen molar-refractivity contribution in [2.24, 2.45) is 0 Å². The molecule has 0 aromatic heterocycles. The van der Waals surface area contributed by atoms with E-state index in [2.05, 4.69) is 0 Å². The molecule has 0 saturated heterocycles. The molecule has 10 heteroatoms. The number of aliphatic carboxylic acids is 1. The smallest absolute Gasteiger partial charge is 0.416 e. The van der Waals surface area contributed by atoms with E-state index in [0.29, 0.717) is 11.6 Å². The van der Waals surface area contributed by atoms with Crippen LogP contribution in [0.15, 0.2) is 138 Å². The highest BCUT2D eigenvalue weighted by molar-refractivity contribution is 7.92. The Balaban J connectivity index is 1.48. The first-order chi connectivity index (χ1) is 21.9. The molecule has 0 saturated carbocycles. The number of carbonyl (C=O) groups is 1. The fourth-order valence-electron chi connectivity index (χ4n) is 5.01. The highest BCUT2D eigenvalue weighted by atomic mass is 32.2. The average molecular weight is 646 g/mol. The van der Waals surface area contributed by atoms with Gasteiger partial charge in [-0.1, -0.05) is 97.9 Å². The lowest BCUT2D eigenvalue weighted by Gasteiger charge is -2.26. The van der Waals surface area contributed by atoms with Crippen LogP contribution in [0.4, 0.5) is 18.9 Å². The van der Waals surface area contributed by atoms with Gasteiger partial charge in [-0.15, -0.1) is 0 Å². The van der Waals surface area contributed by atoms with Crippen LogP contribution < -0.4 is 9.04 Å². The van der Waals surface area contributed by atoms with Crippen molar-refractivity contribution in [2.75, 3.05) is 4.31 Å². The van der Waals surface area contributed by atoms with Crippen LogP contribution in [-0.2, 0) is 27.5 Å². The molecule has 0 fully saturated rings. The molecule has 0 amide bonds. The second-order valence-electron chi connectivity index (χ2n) is 10.7. The van der Waals surface area contributed by atoms with E-state index in [9.17, 15) is 31.5 Å². The van der Waals surface area contributed by atoms with E-state index in [1.54, 1.807) is 43.3 Å². The normalized spacial score (nSPS) is 13.0. The predicted molar refractivity (Wildman–Crippen MR) is 170 cm³/mol. The first-order valence-corrected chi connectivity index (χ1v) is 15.8. The van der Waals surface area contributed by atoms with Gasteiger partial charge in [0, 0.05) is 5.92 Å². The molecule has 0 aliphatic heterocycles. The molecule has 1 unspecified atom stereocenters. The molecule has 6 nitrogen and oxygen atoms in total. The molecule has 0 bridgehead atoms. The fraction of sp³-hybridized carbons (Fsp3) is 0.139. The Hall–Kier alpha value is -5.09. The predicted octanol–water partition coefficient (Wildman–Crippen LogP) is 8.40. The molecule has 2 atom stereocenters. The monoisotopic (exact) mass is 645 g/mol. The third kappa shape index (κ3) is 7.40. The second kappa shape index (κ2) is 13.5.